The fraction of sp³-hybridized carbons (Fsp3) is 0.619. The smallest absolute Gasteiger partial charge is 0.304 e. The molecule has 0 unspecified atom stereocenters. The molecule has 1 aromatic heterocycles. The number of fused-ring (bicyclic) bond motifs is 1. The summed E-state index contributed by atoms with van der Waals surface area (Å²) in [6, 6.07) is 5.21. The Kier molecular flexibility index (Phi) is 8.68. The van der Waals surface area contributed by atoms with Crippen LogP contribution in [0.4, 0.5) is 10.5 Å². The minimum absolute atomic E-state index is 0.346. The maximum Gasteiger partial charge on any atom is 0.339 e. The first-order valence-corrected chi connectivity index (χ1v) is 11.4. The second-order valence-corrected chi connectivity index (χ2v) is 8.18. The summed E-state index contributed by atoms with van der Waals surface area (Å²) in [5, 5.41) is 7.04. The van der Waals surface area contributed by atoms with Crippen LogP contribution in [0.2, 0.25) is 0 Å². The monoisotopic (exact) mass is 401 g/mol. The predicted octanol–water partition coefficient (Wildman–Crippen LogP) is 6.11. The Labute approximate surface area is 171 Å². The molecule has 1 aliphatic carbocycles. The van der Waals surface area contributed by atoms with Gasteiger partial charge in [-0.2, -0.15) is 13.8 Å². The fourth-order valence-corrected chi connectivity index (χ4v) is 4.33. The zero-order chi connectivity index (χ0) is 19.4. The first-order valence-electron chi connectivity index (χ1n) is 10.6. The molecule has 0 saturated heterocycles. The van der Waals surface area contributed by atoms with Crippen LogP contribution < -0.4 is 10.7 Å². The van der Waals surface area contributed by atoms with E-state index in [-0.39, 0.29) is 6.03 Å². The van der Waals surface area contributed by atoms with Crippen molar-refractivity contribution in [2.75, 3.05) is 5.32 Å². The molecule has 0 atom stereocenters. The van der Waals surface area contributed by atoms with Gasteiger partial charge in [-0.05, 0) is 30.9 Å². The molecule has 2 aromatic rings. The van der Waals surface area contributed by atoms with Crippen molar-refractivity contribution in [1.82, 2.24) is 14.2 Å². The molecule has 0 bridgehead atoms. The SMILES string of the molecule is O=C(N/N=C/C1CCCCCCCCCCCC1)Nc1cccc2nsnc12. The van der Waals surface area contributed by atoms with E-state index in [4.69, 9.17) is 0 Å². The lowest BCUT2D eigenvalue weighted by Gasteiger charge is -2.12. The van der Waals surface area contributed by atoms with E-state index >= 15 is 0 Å². The molecular formula is C21H31N5OS. The van der Waals surface area contributed by atoms with Crippen molar-refractivity contribution in [3.05, 3.63) is 18.2 Å². The van der Waals surface area contributed by atoms with Crippen molar-refractivity contribution in [3.8, 4) is 0 Å². The Bertz CT molecular complexity index is 746. The Morgan fingerprint density at radius 2 is 1.61 bits per heavy atom. The number of anilines is 1. The number of carbonyl (C=O) groups excluding carboxylic acids is 1. The number of hydrazone groups is 1. The van der Waals surface area contributed by atoms with Gasteiger partial charge in [0, 0.05) is 6.21 Å². The lowest BCUT2D eigenvalue weighted by atomic mass is 9.96. The molecule has 3 rings (SSSR count). The van der Waals surface area contributed by atoms with Crippen molar-refractivity contribution in [1.29, 1.82) is 0 Å². The van der Waals surface area contributed by atoms with E-state index in [0.29, 0.717) is 17.1 Å². The van der Waals surface area contributed by atoms with Gasteiger partial charge in [0.1, 0.15) is 11.0 Å². The van der Waals surface area contributed by atoms with Crippen LogP contribution in [0.3, 0.4) is 0 Å². The first-order chi connectivity index (χ1) is 13.8. The van der Waals surface area contributed by atoms with Crippen molar-refractivity contribution < 1.29 is 4.79 Å². The molecule has 1 aliphatic rings. The van der Waals surface area contributed by atoms with Gasteiger partial charge in [0.15, 0.2) is 0 Å². The largest absolute Gasteiger partial charge is 0.339 e. The van der Waals surface area contributed by atoms with Gasteiger partial charge in [-0.1, -0.05) is 70.3 Å². The van der Waals surface area contributed by atoms with E-state index in [0.717, 1.165) is 30.1 Å². The number of rotatable bonds is 3. The highest BCUT2D eigenvalue weighted by atomic mass is 32.1. The lowest BCUT2D eigenvalue weighted by Crippen LogP contribution is -2.24. The number of aromatic nitrogens is 2. The molecule has 28 heavy (non-hydrogen) atoms. The molecule has 1 saturated carbocycles. The van der Waals surface area contributed by atoms with Crippen LogP contribution in [-0.4, -0.2) is 21.0 Å². The molecule has 1 aromatic carbocycles. The summed E-state index contributed by atoms with van der Waals surface area (Å²) < 4.78 is 8.42. The molecule has 1 fully saturated rings. The van der Waals surface area contributed by atoms with E-state index in [1.807, 2.05) is 24.4 Å². The van der Waals surface area contributed by atoms with Gasteiger partial charge >= 0.3 is 6.03 Å². The number of benzene rings is 1. The normalized spacial score (nSPS) is 18.3. The van der Waals surface area contributed by atoms with Crippen LogP contribution in [0, 0.1) is 5.92 Å². The van der Waals surface area contributed by atoms with Gasteiger partial charge in [-0.15, -0.1) is 0 Å². The van der Waals surface area contributed by atoms with Crippen molar-refractivity contribution >= 4 is 40.7 Å². The molecule has 0 aliphatic heterocycles. The van der Waals surface area contributed by atoms with Gasteiger partial charge in [-0.25, -0.2) is 10.2 Å². The van der Waals surface area contributed by atoms with Crippen LogP contribution >= 0.6 is 11.7 Å². The molecule has 7 heteroatoms. The third-order valence-corrected chi connectivity index (χ3v) is 5.93. The maximum absolute atomic E-state index is 12.2. The quantitative estimate of drug-likeness (QED) is 0.481. The van der Waals surface area contributed by atoms with Crippen molar-refractivity contribution in [2.24, 2.45) is 11.0 Å². The minimum Gasteiger partial charge on any atom is -0.304 e. The summed E-state index contributed by atoms with van der Waals surface area (Å²) in [7, 11) is 0. The van der Waals surface area contributed by atoms with Crippen LogP contribution in [0.15, 0.2) is 23.3 Å². The number of nitrogens with one attached hydrogen (secondary N) is 2. The van der Waals surface area contributed by atoms with Gasteiger partial charge in [-0.3, -0.25) is 0 Å². The summed E-state index contributed by atoms with van der Waals surface area (Å²) in [4.78, 5) is 12.2. The molecular weight excluding hydrogens is 370 g/mol. The highest BCUT2D eigenvalue weighted by Crippen LogP contribution is 2.21. The molecule has 0 spiro atoms. The average Bonchev–Trinajstić information content (AvgIpc) is 3.18. The zero-order valence-corrected chi connectivity index (χ0v) is 17.3. The van der Waals surface area contributed by atoms with Gasteiger partial charge in [0.25, 0.3) is 0 Å². The van der Waals surface area contributed by atoms with Crippen LogP contribution in [0.25, 0.3) is 11.0 Å². The summed E-state index contributed by atoms with van der Waals surface area (Å²) >= 11 is 1.14. The van der Waals surface area contributed by atoms with Gasteiger partial charge in [0.05, 0.1) is 17.4 Å². The number of amides is 2. The highest BCUT2D eigenvalue weighted by molar-refractivity contribution is 7.00. The number of carbonyl (C=O) groups is 1. The van der Waals surface area contributed by atoms with Gasteiger partial charge < -0.3 is 5.32 Å². The molecule has 152 valence electrons. The van der Waals surface area contributed by atoms with Crippen molar-refractivity contribution in [3.63, 3.8) is 0 Å². The van der Waals surface area contributed by atoms with E-state index in [9.17, 15) is 4.79 Å². The van der Waals surface area contributed by atoms with Crippen LogP contribution in [0.5, 0.6) is 0 Å². The standard InChI is InChI=1S/C21H31N5OS/c27-21(23-18-14-11-15-19-20(18)26-28-25-19)24-22-16-17-12-9-7-5-3-1-2-4-6-8-10-13-17/h11,14-17H,1-10,12-13H2,(H2,23,24,27)/b22-16+. The maximum atomic E-state index is 12.2. The number of urea groups is 1. The molecule has 2 N–H and O–H groups in total. The van der Waals surface area contributed by atoms with Crippen LogP contribution in [-0.2, 0) is 0 Å². The van der Waals surface area contributed by atoms with E-state index < -0.39 is 0 Å². The summed E-state index contributed by atoms with van der Waals surface area (Å²) in [5.41, 5.74) is 4.76. The third-order valence-electron chi connectivity index (χ3n) is 5.39. The molecule has 2 amide bonds. The summed E-state index contributed by atoms with van der Waals surface area (Å²) in [6.45, 7) is 0. The molecule has 1 heterocycles. The zero-order valence-electron chi connectivity index (χ0n) is 16.5. The van der Waals surface area contributed by atoms with E-state index in [1.165, 1.54) is 64.2 Å². The second kappa shape index (κ2) is 11.7. The Morgan fingerprint density at radius 3 is 2.29 bits per heavy atom. The Balaban J connectivity index is 1.47. The number of hydrogen-bond donors (Lipinski definition) is 2. The topological polar surface area (TPSA) is 79.3 Å². The first kappa shape index (κ1) is 20.7. The molecule has 0 radical (unpaired) electrons. The van der Waals surface area contributed by atoms with E-state index in [1.54, 1.807) is 0 Å². The Morgan fingerprint density at radius 1 is 0.964 bits per heavy atom. The summed E-state index contributed by atoms with van der Waals surface area (Å²) in [6.07, 6.45) is 17.6. The lowest BCUT2D eigenvalue weighted by molar-refractivity contribution is 0.252. The highest BCUT2D eigenvalue weighted by Gasteiger charge is 2.09. The van der Waals surface area contributed by atoms with Gasteiger partial charge in [0.2, 0.25) is 0 Å². The Hall–Kier alpha value is -2.02. The van der Waals surface area contributed by atoms with Crippen LogP contribution in [0.1, 0.15) is 77.0 Å². The minimum atomic E-state index is -0.346. The third kappa shape index (κ3) is 6.86. The fourth-order valence-electron chi connectivity index (χ4n) is 3.78. The number of nitrogens with zero attached hydrogens (tertiary/aromatic N) is 3. The number of hydrogen-bond acceptors (Lipinski definition) is 5. The summed E-state index contributed by atoms with van der Waals surface area (Å²) in [5.74, 6) is 0.451. The van der Waals surface area contributed by atoms with E-state index in [2.05, 4.69) is 24.6 Å². The predicted molar refractivity (Wildman–Crippen MR) is 117 cm³/mol. The van der Waals surface area contributed by atoms with Crippen molar-refractivity contribution in [2.45, 2.75) is 77.0 Å². The average molecular weight is 402 g/mol. The second-order valence-electron chi connectivity index (χ2n) is 7.65. The molecule has 6 nitrogen and oxygen atoms in total.